The zero-order valence-corrected chi connectivity index (χ0v) is 13.1. The molecule has 0 aromatic heterocycles. The largest absolute Gasteiger partial charge is 0.270 e. The molecule has 0 spiro atoms. The van der Waals surface area contributed by atoms with Gasteiger partial charge in [0, 0.05) is 18.7 Å². The van der Waals surface area contributed by atoms with Crippen molar-refractivity contribution < 1.29 is 13.3 Å². The van der Waals surface area contributed by atoms with Gasteiger partial charge < -0.3 is 0 Å². The van der Waals surface area contributed by atoms with Crippen molar-refractivity contribution in [2.45, 2.75) is 50.3 Å². The third-order valence-corrected chi connectivity index (χ3v) is 4.62. The second-order valence-corrected chi connectivity index (χ2v) is 6.69. The Hall–Kier alpha value is -1.47. The van der Waals surface area contributed by atoms with Gasteiger partial charge in [0.15, 0.2) is 0 Å². The molecule has 0 saturated carbocycles. The van der Waals surface area contributed by atoms with E-state index in [0.29, 0.717) is 6.54 Å². The van der Waals surface area contributed by atoms with Crippen molar-refractivity contribution in [1.29, 1.82) is 0 Å². The minimum Gasteiger partial charge on any atom is -0.258 e. The van der Waals surface area contributed by atoms with Gasteiger partial charge in [0.2, 0.25) is 10.0 Å². The molecule has 0 aliphatic heterocycles. The van der Waals surface area contributed by atoms with Crippen LogP contribution in [0.5, 0.6) is 0 Å². The molecule has 1 aromatic carbocycles. The molecular weight excluding hydrogens is 292 g/mol. The summed E-state index contributed by atoms with van der Waals surface area (Å²) < 4.78 is 26.5. The molecule has 0 aliphatic rings. The first kappa shape index (κ1) is 17.6. The first-order valence-electron chi connectivity index (χ1n) is 7.21. The molecule has 1 rings (SSSR count). The Labute approximate surface area is 125 Å². The highest BCUT2D eigenvalue weighted by Crippen LogP contribution is 2.17. The number of hydrogen-bond acceptors (Lipinski definition) is 4. The number of non-ortho nitro benzene ring substituents is 1. The van der Waals surface area contributed by atoms with E-state index in [1.165, 1.54) is 37.5 Å². The Kier molecular flexibility index (Phi) is 7.31. The van der Waals surface area contributed by atoms with Gasteiger partial charge in [-0.3, -0.25) is 10.1 Å². The second kappa shape index (κ2) is 8.74. The number of sulfonamides is 1. The van der Waals surface area contributed by atoms with E-state index in [9.17, 15) is 18.5 Å². The Bertz CT molecular complexity index is 558. The molecule has 0 fully saturated rings. The van der Waals surface area contributed by atoms with Crippen molar-refractivity contribution in [1.82, 2.24) is 4.72 Å². The zero-order valence-electron chi connectivity index (χ0n) is 12.2. The van der Waals surface area contributed by atoms with Crippen LogP contribution in [0, 0.1) is 10.1 Å². The van der Waals surface area contributed by atoms with Crippen LogP contribution in [-0.4, -0.2) is 19.9 Å². The molecule has 0 saturated heterocycles. The molecule has 0 heterocycles. The van der Waals surface area contributed by atoms with Gasteiger partial charge in [-0.15, -0.1) is 0 Å². The summed E-state index contributed by atoms with van der Waals surface area (Å²) in [4.78, 5) is 9.98. The van der Waals surface area contributed by atoms with Crippen LogP contribution in [0.15, 0.2) is 29.2 Å². The first-order chi connectivity index (χ1) is 9.97. The number of nitrogens with zero attached hydrogens (tertiary/aromatic N) is 1. The van der Waals surface area contributed by atoms with Crippen molar-refractivity contribution in [2.75, 3.05) is 6.54 Å². The molecule has 0 unspecified atom stereocenters. The number of nitro groups is 1. The van der Waals surface area contributed by atoms with E-state index in [0.717, 1.165) is 25.3 Å². The summed E-state index contributed by atoms with van der Waals surface area (Å²) in [6.07, 6.45) is 6.43. The molecule has 7 heteroatoms. The maximum Gasteiger partial charge on any atom is 0.270 e. The van der Waals surface area contributed by atoms with Gasteiger partial charge in [0.1, 0.15) is 0 Å². The standard InChI is InChI=1S/C14H22N2O4S/c1-2-3-4-5-6-7-11-15-21(19,20)14-10-8-9-13(12-14)16(17)18/h8-10,12,15H,2-7,11H2,1H3. The Morgan fingerprint density at radius 3 is 2.48 bits per heavy atom. The van der Waals surface area contributed by atoms with Gasteiger partial charge in [-0.2, -0.15) is 0 Å². The molecule has 1 N–H and O–H groups in total. The monoisotopic (exact) mass is 314 g/mol. The summed E-state index contributed by atoms with van der Waals surface area (Å²) in [6.45, 7) is 2.50. The van der Waals surface area contributed by atoms with Gasteiger partial charge in [0.05, 0.1) is 9.82 Å². The fraction of sp³-hybridized carbons (Fsp3) is 0.571. The lowest BCUT2D eigenvalue weighted by Gasteiger charge is -2.06. The predicted molar refractivity (Wildman–Crippen MR) is 81.7 cm³/mol. The number of nitrogens with one attached hydrogen (secondary N) is 1. The van der Waals surface area contributed by atoms with Crippen molar-refractivity contribution in [3.8, 4) is 0 Å². The fourth-order valence-corrected chi connectivity index (χ4v) is 3.07. The van der Waals surface area contributed by atoms with E-state index < -0.39 is 14.9 Å². The third kappa shape index (κ3) is 6.22. The lowest BCUT2D eigenvalue weighted by Crippen LogP contribution is -2.24. The van der Waals surface area contributed by atoms with E-state index in [4.69, 9.17) is 0 Å². The summed E-state index contributed by atoms with van der Waals surface area (Å²) in [5.74, 6) is 0. The summed E-state index contributed by atoms with van der Waals surface area (Å²) in [5, 5.41) is 10.7. The molecule has 0 atom stereocenters. The Balaban J connectivity index is 2.46. The van der Waals surface area contributed by atoms with Crippen LogP contribution >= 0.6 is 0 Å². The molecule has 0 amide bonds. The highest BCUT2D eigenvalue weighted by molar-refractivity contribution is 7.89. The summed E-state index contributed by atoms with van der Waals surface area (Å²) >= 11 is 0. The van der Waals surface area contributed by atoms with Crippen LogP contribution in [0.1, 0.15) is 45.4 Å². The number of benzene rings is 1. The van der Waals surface area contributed by atoms with Crippen LogP contribution in [-0.2, 0) is 10.0 Å². The average Bonchev–Trinajstić information content (AvgIpc) is 2.46. The quantitative estimate of drug-likeness (QED) is 0.408. The van der Waals surface area contributed by atoms with Gasteiger partial charge >= 0.3 is 0 Å². The third-order valence-electron chi connectivity index (χ3n) is 3.16. The van der Waals surface area contributed by atoms with E-state index in [2.05, 4.69) is 11.6 Å². The molecule has 0 aliphatic carbocycles. The van der Waals surface area contributed by atoms with E-state index in [1.807, 2.05) is 0 Å². The highest BCUT2D eigenvalue weighted by atomic mass is 32.2. The molecule has 0 bridgehead atoms. The topological polar surface area (TPSA) is 89.3 Å². The summed E-state index contributed by atoms with van der Waals surface area (Å²) in [7, 11) is -3.67. The minimum atomic E-state index is -3.67. The molecular formula is C14H22N2O4S. The zero-order chi connectivity index (χ0) is 15.7. The van der Waals surface area contributed by atoms with Crippen molar-refractivity contribution in [3.63, 3.8) is 0 Å². The van der Waals surface area contributed by atoms with Crippen LogP contribution < -0.4 is 4.72 Å². The number of rotatable bonds is 10. The first-order valence-corrected chi connectivity index (χ1v) is 8.70. The van der Waals surface area contributed by atoms with Crippen LogP contribution in [0.4, 0.5) is 5.69 Å². The van der Waals surface area contributed by atoms with E-state index >= 15 is 0 Å². The average molecular weight is 314 g/mol. The highest BCUT2D eigenvalue weighted by Gasteiger charge is 2.16. The molecule has 118 valence electrons. The van der Waals surface area contributed by atoms with Gasteiger partial charge in [-0.25, -0.2) is 13.1 Å². The number of nitro benzene ring substituents is 1. The number of hydrogen-bond donors (Lipinski definition) is 1. The van der Waals surface area contributed by atoms with Gasteiger partial charge in [-0.05, 0) is 12.5 Å². The lowest BCUT2D eigenvalue weighted by molar-refractivity contribution is -0.385. The van der Waals surface area contributed by atoms with Crippen molar-refractivity contribution in [3.05, 3.63) is 34.4 Å². The van der Waals surface area contributed by atoms with Crippen molar-refractivity contribution in [2.24, 2.45) is 0 Å². The van der Waals surface area contributed by atoms with Crippen molar-refractivity contribution >= 4 is 15.7 Å². The maximum atomic E-state index is 12.0. The smallest absolute Gasteiger partial charge is 0.258 e. The predicted octanol–water partition coefficient (Wildman–Crippen LogP) is 3.23. The number of unbranched alkanes of at least 4 members (excludes halogenated alkanes) is 5. The molecule has 6 nitrogen and oxygen atoms in total. The summed E-state index contributed by atoms with van der Waals surface area (Å²) in [5.41, 5.74) is -0.225. The summed E-state index contributed by atoms with van der Waals surface area (Å²) in [6, 6.07) is 5.07. The van der Waals surface area contributed by atoms with E-state index in [-0.39, 0.29) is 10.6 Å². The Morgan fingerprint density at radius 2 is 1.81 bits per heavy atom. The molecule has 1 aromatic rings. The normalized spacial score (nSPS) is 11.5. The molecule has 0 radical (unpaired) electrons. The Morgan fingerprint density at radius 1 is 1.14 bits per heavy atom. The fourth-order valence-electron chi connectivity index (χ4n) is 1.96. The lowest BCUT2D eigenvalue weighted by atomic mass is 10.1. The SMILES string of the molecule is CCCCCCCCNS(=O)(=O)c1cccc([N+](=O)[O-])c1. The van der Waals surface area contributed by atoms with Crippen LogP contribution in [0.25, 0.3) is 0 Å². The maximum absolute atomic E-state index is 12.0. The minimum absolute atomic E-state index is 0.0670. The van der Waals surface area contributed by atoms with Gasteiger partial charge in [0.25, 0.3) is 5.69 Å². The van der Waals surface area contributed by atoms with Crippen LogP contribution in [0.3, 0.4) is 0 Å². The van der Waals surface area contributed by atoms with Gasteiger partial charge in [-0.1, -0.05) is 45.1 Å². The second-order valence-electron chi connectivity index (χ2n) is 4.92. The van der Waals surface area contributed by atoms with Crippen LogP contribution in [0.2, 0.25) is 0 Å². The molecule has 21 heavy (non-hydrogen) atoms. The van der Waals surface area contributed by atoms with E-state index in [1.54, 1.807) is 0 Å².